The molecular formula is C19H39O. The molecule has 0 aliphatic rings. The predicted molar refractivity (Wildman–Crippen MR) is 90.9 cm³/mol. The lowest BCUT2D eigenvalue weighted by molar-refractivity contribution is 0.262. The number of methoxy groups -OCH3 is 1. The van der Waals surface area contributed by atoms with Crippen LogP contribution in [0.15, 0.2) is 0 Å². The molecule has 0 aromatic heterocycles. The van der Waals surface area contributed by atoms with Crippen LogP contribution in [0.5, 0.6) is 0 Å². The normalized spacial score (nSPS) is 11.1. The standard InChI is InChI=1S/C19H39O/c1-3-4-5-6-7-8-9-10-11-12-13-14-15-16-17-18-19-20-2/h19H,3-18H2,1-2H3. The van der Waals surface area contributed by atoms with Crippen molar-refractivity contribution in [3.05, 3.63) is 6.61 Å². The summed E-state index contributed by atoms with van der Waals surface area (Å²) >= 11 is 0. The minimum atomic E-state index is 1.12. The molecule has 1 radical (unpaired) electrons. The molecule has 0 aliphatic carbocycles. The Morgan fingerprint density at radius 2 is 0.900 bits per heavy atom. The van der Waals surface area contributed by atoms with E-state index in [1.54, 1.807) is 7.11 Å². The molecule has 20 heavy (non-hydrogen) atoms. The molecule has 0 bridgehead atoms. The highest BCUT2D eigenvalue weighted by Crippen LogP contribution is 2.13. The molecule has 0 fully saturated rings. The molecule has 0 aromatic rings. The smallest absolute Gasteiger partial charge is 0.0832 e. The summed E-state index contributed by atoms with van der Waals surface area (Å²) in [5, 5.41) is 0. The molecule has 0 unspecified atom stereocenters. The molecule has 0 spiro atoms. The van der Waals surface area contributed by atoms with Gasteiger partial charge in [0, 0.05) is 7.11 Å². The number of unbranched alkanes of at least 4 members (excludes halogenated alkanes) is 15. The zero-order chi connectivity index (χ0) is 14.7. The van der Waals surface area contributed by atoms with Gasteiger partial charge in [-0.15, -0.1) is 0 Å². The summed E-state index contributed by atoms with van der Waals surface area (Å²) in [6.07, 6.45) is 22.6. The van der Waals surface area contributed by atoms with Gasteiger partial charge in [-0.25, -0.2) is 0 Å². The Hall–Kier alpha value is -0.0400. The fraction of sp³-hybridized carbons (Fsp3) is 0.947. The third-order valence-corrected chi connectivity index (χ3v) is 4.09. The second-order valence-electron chi connectivity index (χ2n) is 6.14. The maximum absolute atomic E-state index is 4.94. The molecular weight excluding hydrogens is 244 g/mol. The zero-order valence-electron chi connectivity index (χ0n) is 14.3. The maximum atomic E-state index is 4.94. The van der Waals surface area contributed by atoms with E-state index in [0.717, 1.165) is 6.42 Å². The Morgan fingerprint density at radius 1 is 0.550 bits per heavy atom. The molecule has 0 aliphatic heterocycles. The minimum Gasteiger partial charge on any atom is -0.379 e. The Bertz CT molecular complexity index is 138. The summed E-state index contributed by atoms with van der Waals surface area (Å²) in [6.45, 7) is 4.21. The largest absolute Gasteiger partial charge is 0.379 e. The molecule has 0 aromatic carbocycles. The number of hydrogen-bond acceptors (Lipinski definition) is 1. The van der Waals surface area contributed by atoms with E-state index in [9.17, 15) is 0 Å². The predicted octanol–water partition coefficient (Wildman–Crippen LogP) is 7.06. The van der Waals surface area contributed by atoms with Gasteiger partial charge < -0.3 is 4.74 Å². The summed E-state index contributed by atoms with van der Waals surface area (Å²) in [6, 6.07) is 0. The monoisotopic (exact) mass is 283 g/mol. The van der Waals surface area contributed by atoms with Gasteiger partial charge in [0.05, 0.1) is 6.61 Å². The van der Waals surface area contributed by atoms with Crippen molar-refractivity contribution in [2.75, 3.05) is 7.11 Å². The first kappa shape index (κ1) is 20.0. The van der Waals surface area contributed by atoms with E-state index >= 15 is 0 Å². The SMILES string of the molecule is CCCCCCCCCCCCCCCCC[CH]OC. The summed E-state index contributed by atoms with van der Waals surface area (Å²) in [7, 11) is 1.74. The maximum Gasteiger partial charge on any atom is 0.0832 e. The van der Waals surface area contributed by atoms with Crippen molar-refractivity contribution in [3.8, 4) is 0 Å². The first-order valence-electron chi connectivity index (χ1n) is 9.26. The molecule has 1 heteroatoms. The van der Waals surface area contributed by atoms with Crippen LogP contribution in [-0.2, 0) is 4.74 Å². The van der Waals surface area contributed by atoms with Gasteiger partial charge in [0.1, 0.15) is 0 Å². The summed E-state index contributed by atoms with van der Waals surface area (Å²) < 4.78 is 4.94. The highest BCUT2D eigenvalue weighted by molar-refractivity contribution is 4.52. The van der Waals surface area contributed by atoms with E-state index in [4.69, 9.17) is 4.74 Å². The third kappa shape index (κ3) is 18.0. The number of hydrogen-bond donors (Lipinski definition) is 0. The van der Waals surface area contributed by atoms with Gasteiger partial charge in [-0.3, -0.25) is 0 Å². The average Bonchev–Trinajstić information content (AvgIpc) is 2.47. The van der Waals surface area contributed by atoms with Gasteiger partial charge >= 0.3 is 0 Å². The van der Waals surface area contributed by atoms with Crippen molar-refractivity contribution < 1.29 is 4.74 Å². The lowest BCUT2D eigenvalue weighted by atomic mass is 10.0. The van der Waals surface area contributed by atoms with Crippen LogP contribution < -0.4 is 0 Å². The van der Waals surface area contributed by atoms with Gasteiger partial charge in [-0.05, 0) is 6.42 Å². The van der Waals surface area contributed by atoms with E-state index in [1.165, 1.54) is 96.3 Å². The topological polar surface area (TPSA) is 9.23 Å². The Balaban J connectivity index is 2.89. The molecule has 0 amide bonds. The van der Waals surface area contributed by atoms with Gasteiger partial charge in [0.15, 0.2) is 0 Å². The fourth-order valence-electron chi connectivity index (χ4n) is 2.72. The van der Waals surface area contributed by atoms with Crippen LogP contribution in [0.4, 0.5) is 0 Å². The quantitative estimate of drug-likeness (QED) is 0.260. The van der Waals surface area contributed by atoms with Gasteiger partial charge in [0.2, 0.25) is 0 Å². The van der Waals surface area contributed by atoms with Gasteiger partial charge in [0.25, 0.3) is 0 Å². The van der Waals surface area contributed by atoms with E-state index in [2.05, 4.69) is 6.92 Å². The Morgan fingerprint density at radius 3 is 1.25 bits per heavy atom. The zero-order valence-corrected chi connectivity index (χ0v) is 14.3. The van der Waals surface area contributed by atoms with Crippen LogP contribution in [0, 0.1) is 6.61 Å². The second kappa shape index (κ2) is 19.0. The van der Waals surface area contributed by atoms with Crippen molar-refractivity contribution in [2.24, 2.45) is 0 Å². The van der Waals surface area contributed by atoms with Crippen molar-refractivity contribution in [2.45, 2.75) is 110 Å². The molecule has 0 saturated carbocycles. The summed E-state index contributed by atoms with van der Waals surface area (Å²) in [4.78, 5) is 0. The fourth-order valence-corrected chi connectivity index (χ4v) is 2.72. The van der Waals surface area contributed by atoms with Crippen molar-refractivity contribution >= 4 is 0 Å². The second-order valence-corrected chi connectivity index (χ2v) is 6.14. The van der Waals surface area contributed by atoms with Crippen LogP contribution in [0.2, 0.25) is 0 Å². The summed E-state index contributed by atoms with van der Waals surface area (Å²) in [5.74, 6) is 0. The number of rotatable bonds is 17. The first-order chi connectivity index (χ1) is 9.91. The van der Waals surface area contributed by atoms with E-state index < -0.39 is 0 Å². The summed E-state index contributed by atoms with van der Waals surface area (Å²) in [5.41, 5.74) is 0. The lowest BCUT2D eigenvalue weighted by Crippen LogP contribution is -1.84. The highest BCUT2D eigenvalue weighted by atomic mass is 16.5. The van der Waals surface area contributed by atoms with Crippen LogP contribution in [0.25, 0.3) is 0 Å². The van der Waals surface area contributed by atoms with Crippen molar-refractivity contribution in [1.29, 1.82) is 0 Å². The minimum absolute atomic E-state index is 1.12. The molecule has 0 atom stereocenters. The van der Waals surface area contributed by atoms with Gasteiger partial charge in [-0.1, -0.05) is 103 Å². The molecule has 0 N–H and O–H groups in total. The molecule has 121 valence electrons. The van der Waals surface area contributed by atoms with Crippen LogP contribution in [0.1, 0.15) is 110 Å². The highest BCUT2D eigenvalue weighted by Gasteiger charge is 1.94. The molecule has 0 heterocycles. The first-order valence-corrected chi connectivity index (χ1v) is 9.26. The van der Waals surface area contributed by atoms with Crippen LogP contribution >= 0.6 is 0 Å². The van der Waals surface area contributed by atoms with E-state index in [0.29, 0.717) is 0 Å². The van der Waals surface area contributed by atoms with E-state index in [1.807, 2.05) is 6.61 Å². The molecule has 1 nitrogen and oxygen atoms in total. The number of ether oxygens (including phenoxy) is 1. The lowest BCUT2D eigenvalue weighted by Gasteiger charge is -2.03. The average molecular weight is 284 g/mol. The van der Waals surface area contributed by atoms with Gasteiger partial charge in [-0.2, -0.15) is 0 Å². The van der Waals surface area contributed by atoms with Crippen LogP contribution in [0.3, 0.4) is 0 Å². The van der Waals surface area contributed by atoms with Crippen molar-refractivity contribution in [3.63, 3.8) is 0 Å². The molecule has 0 saturated heterocycles. The van der Waals surface area contributed by atoms with Crippen molar-refractivity contribution in [1.82, 2.24) is 0 Å². The van der Waals surface area contributed by atoms with E-state index in [-0.39, 0.29) is 0 Å². The third-order valence-electron chi connectivity index (χ3n) is 4.09. The Labute approximate surface area is 128 Å². The van der Waals surface area contributed by atoms with Crippen LogP contribution in [-0.4, -0.2) is 7.11 Å². The molecule has 0 rings (SSSR count). The Kier molecular flexibility index (Phi) is 18.9.